The quantitative estimate of drug-likeness (QED) is 0.878. The molecule has 0 aliphatic rings. The third-order valence-corrected chi connectivity index (χ3v) is 2.55. The molecule has 0 saturated carbocycles. The van der Waals surface area contributed by atoms with Gasteiger partial charge in [0.25, 0.3) is 0 Å². The predicted molar refractivity (Wildman–Crippen MR) is 68.9 cm³/mol. The Hall–Kier alpha value is -2.03. The molecule has 0 bridgehead atoms. The summed E-state index contributed by atoms with van der Waals surface area (Å²) in [5.74, 6) is 0.889. The first-order chi connectivity index (χ1) is 8.15. The Morgan fingerprint density at radius 1 is 1.18 bits per heavy atom. The van der Waals surface area contributed by atoms with Crippen LogP contribution in [0.15, 0.2) is 36.5 Å². The molecule has 0 aliphatic heterocycles. The van der Waals surface area contributed by atoms with Gasteiger partial charge in [-0.15, -0.1) is 0 Å². The third kappa shape index (κ3) is 2.97. The predicted octanol–water partition coefficient (Wildman–Crippen LogP) is 2.86. The summed E-state index contributed by atoms with van der Waals surface area (Å²) in [7, 11) is 0. The van der Waals surface area contributed by atoms with Crippen molar-refractivity contribution in [3.8, 4) is 5.75 Å². The summed E-state index contributed by atoms with van der Waals surface area (Å²) in [6.45, 7) is 4.54. The van der Waals surface area contributed by atoms with E-state index in [0.29, 0.717) is 12.3 Å². The van der Waals surface area contributed by atoms with Crippen molar-refractivity contribution in [2.45, 2.75) is 20.5 Å². The number of pyridine rings is 1. The first-order valence-corrected chi connectivity index (χ1v) is 5.55. The summed E-state index contributed by atoms with van der Waals surface area (Å²) >= 11 is 0. The van der Waals surface area contributed by atoms with Crippen LogP contribution in [0.5, 0.6) is 5.75 Å². The first-order valence-electron chi connectivity index (χ1n) is 5.55. The number of hydrogen-bond acceptors (Lipinski definition) is 3. The molecule has 0 amide bonds. The lowest BCUT2D eigenvalue weighted by molar-refractivity contribution is 0.299. The van der Waals surface area contributed by atoms with Gasteiger partial charge in [0.05, 0.1) is 5.69 Å². The van der Waals surface area contributed by atoms with Crippen LogP contribution >= 0.6 is 0 Å². The second-order valence-corrected chi connectivity index (χ2v) is 4.14. The zero-order chi connectivity index (χ0) is 12.3. The van der Waals surface area contributed by atoms with E-state index < -0.39 is 0 Å². The van der Waals surface area contributed by atoms with E-state index in [1.165, 1.54) is 5.56 Å². The van der Waals surface area contributed by atoms with Gasteiger partial charge in [-0.25, -0.2) is 0 Å². The van der Waals surface area contributed by atoms with E-state index in [9.17, 15) is 0 Å². The molecule has 1 aromatic carbocycles. The normalized spacial score (nSPS) is 10.2. The van der Waals surface area contributed by atoms with E-state index in [0.717, 1.165) is 17.0 Å². The second-order valence-electron chi connectivity index (χ2n) is 4.14. The van der Waals surface area contributed by atoms with E-state index in [-0.39, 0.29) is 0 Å². The van der Waals surface area contributed by atoms with Crippen LogP contribution in [0.25, 0.3) is 0 Å². The number of rotatable bonds is 3. The van der Waals surface area contributed by atoms with Crippen LogP contribution in [0.4, 0.5) is 5.69 Å². The van der Waals surface area contributed by atoms with Gasteiger partial charge in [0.1, 0.15) is 12.4 Å². The third-order valence-electron chi connectivity index (χ3n) is 2.55. The highest BCUT2D eigenvalue weighted by atomic mass is 16.5. The number of anilines is 1. The maximum atomic E-state index is 5.71. The number of benzene rings is 1. The minimum atomic E-state index is 0.439. The zero-order valence-electron chi connectivity index (χ0n) is 10.1. The van der Waals surface area contributed by atoms with Crippen molar-refractivity contribution in [2.24, 2.45) is 0 Å². The van der Waals surface area contributed by atoms with Crippen LogP contribution in [-0.2, 0) is 6.61 Å². The van der Waals surface area contributed by atoms with Crippen LogP contribution in [0.1, 0.15) is 16.8 Å². The molecule has 0 unspecified atom stereocenters. The average molecular weight is 228 g/mol. The SMILES string of the molecule is Cc1ccc(OCc2cc(N)ccn2)c(C)c1. The number of nitrogen functional groups attached to an aromatic ring is 1. The van der Waals surface area contributed by atoms with Crippen LogP contribution in [0, 0.1) is 13.8 Å². The second kappa shape index (κ2) is 4.87. The standard InChI is InChI=1S/C14H16N2O/c1-10-3-4-14(11(2)7-10)17-9-13-8-12(15)5-6-16-13/h3-8H,9H2,1-2H3,(H2,15,16). The molecule has 0 saturated heterocycles. The zero-order valence-corrected chi connectivity index (χ0v) is 10.1. The smallest absolute Gasteiger partial charge is 0.130 e. The fourth-order valence-electron chi connectivity index (χ4n) is 1.69. The number of aromatic nitrogens is 1. The fourth-order valence-corrected chi connectivity index (χ4v) is 1.69. The van der Waals surface area contributed by atoms with Gasteiger partial charge in [0, 0.05) is 11.9 Å². The van der Waals surface area contributed by atoms with Crippen molar-refractivity contribution in [2.75, 3.05) is 5.73 Å². The fraction of sp³-hybridized carbons (Fsp3) is 0.214. The van der Waals surface area contributed by atoms with Crippen molar-refractivity contribution < 1.29 is 4.74 Å². The molecule has 88 valence electrons. The molecule has 0 spiro atoms. The molecule has 2 rings (SSSR count). The Morgan fingerprint density at radius 2 is 2.00 bits per heavy atom. The lowest BCUT2D eigenvalue weighted by Crippen LogP contribution is -2.00. The van der Waals surface area contributed by atoms with Crippen molar-refractivity contribution in [1.82, 2.24) is 4.98 Å². The highest BCUT2D eigenvalue weighted by Gasteiger charge is 2.01. The maximum Gasteiger partial charge on any atom is 0.130 e. The highest BCUT2D eigenvalue weighted by molar-refractivity contribution is 5.38. The lowest BCUT2D eigenvalue weighted by atomic mass is 10.1. The number of aryl methyl sites for hydroxylation is 2. The first kappa shape index (κ1) is 11.5. The maximum absolute atomic E-state index is 5.71. The van der Waals surface area contributed by atoms with Gasteiger partial charge in [0.2, 0.25) is 0 Å². The molecule has 2 N–H and O–H groups in total. The summed E-state index contributed by atoms with van der Waals surface area (Å²) in [5.41, 5.74) is 9.59. The summed E-state index contributed by atoms with van der Waals surface area (Å²) in [5, 5.41) is 0. The molecule has 0 atom stereocenters. The largest absolute Gasteiger partial charge is 0.487 e. The van der Waals surface area contributed by atoms with Crippen LogP contribution < -0.4 is 10.5 Å². The molecule has 3 heteroatoms. The van der Waals surface area contributed by atoms with E-state index in [1.54, 1.807) is 12.3 Å². The monoisotopic (exact) mass is 228 g/mol. The van der Waals surface area contributed by atoms with Crippen LogP contribution in [0.3, 0.4) is 0 Å². The number of nitrogens with two attached hydrogens (primary N) is 1. The number of nitrogens with zero attached hydrogens (tertiary/aromatic N) is 1. The van der Waals surface area contributed by atoms with Crippen molar-refractivity contribution >= 4 is 5.69 Å². The Kier molecular flexibility index (Phi) is 3.28. The van der Waals surface area contributed by atoms with Crippen molar-refractivity contribution in [3.05, 3.63) is 53.3 Å². The summed E-state index contributed by atoms with van der Waals surface area (Å²) < 4.78 is 5.71. The lowest BCUT2D eigenvalue weighted by Gasteiger charge is -2.09. The Balaban J connectivity index is 2.07. The average Bonchev–Trinajstić information content (AvgIpc) is 2.28. The van der Waals surface area contributed by atoms with E-state index in [1.807, 2.05) is 25.1 Å². The molecule has 0 aliphatic carbocycles. The van der Waals surface area contributed by atoms with Gasteiger partial charge in [-0.2, -0.15) is 0 Å². The summed E-state index contributed by atoms with van der Waals surface area (Å²) in [6, 6.07) is 9.71. The molecule has 1 aromatic heterocycles. The number of hydrogen-bond donors (Lipinski definition) is 1. The molecule has 0 radical (unpaired) electrons. The van der Waals surface area contributed by atoms with Crippen molar-refractivity contribution in [3.63, 3.8) is 0 Å². The molecule has 3 nitrogen and oxygen atoms in total. The van der Waals surface area contributed by atoms with Gasteiger partial charge in [-0.3, -0.25) is 4.98 Å². The molecular formula is C14H16N2O. The molecule has 17 heavy (non-hydrogen) atoms. The van der Waals surface area contributed by atoms with Crippen LogP contribution in [-0.4, -0.2) is 4.98 Å². The van der Waals surface area contributed by atoms with Gasteiger partial charge in [-0.1, -0.05) is 17.7 Å². The van der Waals surface area contributed by atoms with E-state index >= 15 is 0 Å². The minimum Gasteiger partial charge on any atom is -0.487 e. The topological polar surface area (TPSA) is 48.1 Å². The Labute approximate surface area is 101 Å². The van der Waals surface area contributed by atoms with Gasteiger partial charge >= 0.3 is 0 Å². The van der Waals surface area contributed by atoms with E-state index in [2.05, 4.69) is 18.0 Å². The summed E-state index contributed by atoms with van der Waals surface area (Å²) in [4.78, 5) is 4.20. The Bertz CT molecular complexity index is 523. The minimum absolute atomic E-state index is 0.439. The van der Waals surface area contributed by atoms with Crippen molar-refractivity contribution in [1.29, 1.82) is 0 Å². The van der Waals surface area contributed by atoms with Crippen LogP contribution in [0.2, 0.25) is 0 Å². The molecule has 2 aromatic rings. The van der Waals surface area contributed by atoms with E-state index in [4.69, 9.17) is 10.5 Å². The molecule has 0 fully saturated rings. The number of ether oxygens (including phenoxy) is 1. The molecule has 1 heterocycles. The molecular weight excluding hydrogens is 212 g/mol. The summed E-state index contributed by atoms with van der Waals surface area (Å²) in [6.07, 6.45) is 1.69. The van der Waals surface area contributed by atoms with Gasteiger partial charge in [0.15, 0.2) is 0 Å². The van der Waals surface area contributed by atoms with Gasteiger partial charge in [-0.05, 0) is 37.6 Å². The highest BCUT2D eigenvalue weighted by Crippen LogP contribution is 2.19. The Morgan fingerprint density at radius 3 is 2.71 bits per heavy atom. The van der Waals surface area contributed by atoms with Gasteiger partial charge < -0.3 is 10.5 Å².